The Kier molecular flexibility index (Phi) is 14.6. The molecule has 0 aliphatic rings. The van der Waals surface area contributed by atoms with Crippen molar-refractivity contribution >= 4 is 82.3 Å². The van der Waals surface area contributed by atoms with Crippen molar-refractivity contribution in [3.8, 4) is 0 Å². The van der Waals surface area contributed by atoms with Crippen LogP contribution in [0.1, 0.15) is 5.71 Å². The second-order valence-corrected chi connectivity index (χ2v) is 1.34. The average molecular weight is 264 g/mol. The molecule has 7 heteroatoms. The third-order valence-corrected chi connectivity index (χ3v) is 0. The summed E-state index contributed by atoms with van der Waals surface area (Å²) >= 11 is 0. The van der Waals surface area contributed by atoms with E-state index in [-0.39, 0.29) is 77.6 Å². The molecule has 0 unspecified atom stereocenters. The summed E-state index contributed by atoms with van der Waals surface area (Å²) in [5.41, 5.74) is 0. The molecular weight excluding hydrogens is 258 g/mol. The number of hydrogen-bond acceptors (Lipinski definition) is 2. The first kappa shape index (κ1) is 16.1. The summed E-state index contributed by atoms with van der Waals surface area (Å²) < 4.78 is 31.6. The van der Waals surface area contributed by atoms with Crippen LogP contribution in [0.2, 0.25) is 0 Å². The van der Waals surface area contributed by atoms with Crippen molar-refractivity contribution in [1.29, 1.82) is 0 Å². The van der Waals surface area contributed by atoms with Crippen LogP contribution in [0.4, 0.5) is 0 Å². The SMILES string of the molecule is O=S(=O)(O)O.[Ba+2].[H-].[H-].[H-].[H-].[Mg+2]. The molecule has 0 aliphatic carbocycles. The standard InChI is InChI=1S/Ba.Mg.H2O4S.4H/c;;1-5(2,3)4;;;;/h;;(H2,1,2,3,4);;;;/q2*+2;;4*-1. The molecular formula is H6BaMgO4S. The Morgan fingerprint density at radius 2 is 1.29 bits per heavy atom. The summed E-state index contributed by atoms with van der Waals surface area (Å²) in [6.45, 7) is 0. The van der Waals surface area contributed by atoms with Crippen LogP contribution in [0.15, 0.2) is 0 Å². The first-order valence-corrected chi connectivity index (χ1v) is 2.10. The Morgan fingerprint density at radius 1 is 1.29 bits per heavy atom. The summed E-state index contributed by atoms with van der Waals surface area (Å²) in [7, 11) is -4.67. The summed E-state index contributed by atoms with van der Waals surface area (Å²) in [5.74, 6) is 0. The molecule has 0 rings (SSSR count). The largest absolute Gasteiger partial charge is 2.00 e. The summed E-state index contributed by atoms with van der Waals surface area (Å²) in [6, 6.07) is 0. The zero-order chi connectivity index (χ0) is 4.50. The fraction of sp³-hybridized carbons (Fsp3) is 0. The van der Waals surface area contributed by atoms with Crippen molar-refractivity contribution in [2.45, 2.75) is 0 Å². The van der Waals surface area contributed by atoms with E-state index in [1.54, 1.807) is 0 Å². The zero-order valence-electron chi connectivity index (χ0n) is 7.53. The number of hydrogen-bond donors (Lipinski definition) is 2. The minimum atomic E-state index is -4.67. The van der Waals surface area contributed by atoms with Crippen LogP contribution in [0, 0.1) is 0 Å². The Morgan fingerprint density at radius 3 is 1.29 bits per heavy atom. The molecule has 0 saturated heterocycles. The van der Waals surface area contributed by atoms with Gasteiger partial charge in [-0.05, 0) is 0 Å². The van der Waals surface area contributed by atoms with Gasteiger partial charge in [0.1, 0.15) is 0 Å². The maximum Gasteiger partial charge on any atom is 2.00 e. The third-order valence-electron chi connectivity index (χ3n) is 0. The molecule has 0 amide bonds. The van der Waals surface area contributed by atoms with Crippen LogP contribution >= 0.6 is 0 Å². The van der Waals surface area contributed by atoms with Gasteiger partial charge in [-0.1, -0.05) is 0 Å². The second kappa shape index (κ2) is 6.33. The fourth-order valence-electron chi connectivity index (χ4n) is 0. The van der Waals surface area contributed by atoms with Crippen molar-refractivity contribution in [3.05, 3.63) is 0 Å². The molecule has 0 aromatic rings. The van der Waals surface area contributed by atoms with E-state index in [1.165, 1.54) is 0 Å². The molecule has 0 saturated carbocycles. The van der Waals surface area contributed by atoms with Gasteiger partial charge in [0, 0.05) is 0 Å². The summed E-state index contributed by atoms with van der Waals surface area (Å²) in [6.07, 6.45) is 0. The second-order valence-electron chi connectivity index (χ2n) is 0.448. The Hall–Kier alpha value is 2.21. The van der Waals surface area contributed by atoms with Gasteiger partial charge in [-0.3, -0.25) is 9.11 Å². The van der Waals surface area contributed by atoms with Gasteiger partial charge in [0.2, 0.25) is 0 Å². The van der Waals surface area contributed by atoms with E-state index >= 15 is 0 Å². The number of rotatable bonds is 0. The molecule has 0 atom stereocenters. The van der Waals surface area contributed by atoms with E-state index in [2.05, 4.69) is 0 Å². The van der Waals surface area contributed by atoms with Crippen LogP contribution in [-0.2, 0) is 10.4 Å². The average Bonchev–Trinajstić information content (AvgIpc) is 0.722. The molecule has 40 valence electrons. The van der Waals surface area contributed by atoms with Gasteiger partial charge in [-0.15, -0.1) is 0 Å². The Bertz CT molecular complexity index is 105. The molecule has 2 N–H and O–H groups in total. The molecule has 0 fully saturated rings. The van der Waals surface area contributed by atoms with Gasteiger partial charge in [-0.2, -0.15) is 8.42 Å². The first-order valence-electron chi connectivity index (χ1n) is 0.698. The van der Waals surface area contributed by atoms with E-state index in [9.17, 15) is 0 Å². The molecule has 7 heavy (non-hydrogen) atoms. The minimum Gasteiger partial charge on any atom is -1.00 e. The van der Waals surface area contributed by atoms with Crippen molar-refractivity contribution in [1.82, 2.24) is 0 Å². The van der Waals surface area contributed by atoms with E-state index in [1.807, 2.05) is 0 Å². The van der Waals surface area contributed by atoms with Gasteiger partial charge in [0.25, 0.3) is 0 Å². The van der Waals surface area contributed by atoms with E-state index in [0.717, 1.165) is 0 Å². The third kappa shape index (κ3) is 64.9. The molecule has 0 bridgehead atoms. The van der Waals surface area contributed by atoms with Crippen LogP contribution in [-0.4, -0.2) is 89.5 Å². The van der Waals surface area contributed by atoms with E-state index in [0.29, 0.717) is 0 Å². The Labute approximate surface area is 104 Å². The maximum absolute atomic E-state index is 8.74. The van der Waals surface area contributed by atoms with Crippen LogP contribution < -0.4 is 0 Å². The topological polar surface area (TPSA) is 74.6 Å². The molecule has 4 nitrogen and oxygen atoms in total. The van der Waals surface area contributed by atoms with Gasteiger partial charge in [0.15, 0.2) is 0 Å². The molecule has 0 radical (unpaired) electrons. The predicted octanol–water partition coefficient (Wildman–Crippen LogP) is -0.964. The molecule has 0 heterocycles. The smallest absolute Gasteiger partial charge is 1.00 e. The van der Waals surface area contributed by atoms with Crippen molar-refractivity contribution in [3.63, 3.8) is 0 Å². The van der Waals surface area contributed by atoms with Gasteiger partial charge < -0.3 is 5.71 Å². The molecule has 0 aromatic carbocycles. The molecule has 0 spiro atoms. The monoisotopic (exact) mass is 264 g/mol. The van der Waals surface area contributed by atoms with E-state index in [4.69, 9.17) is 17.5 Å². The van der Waals surface area contributed by atoms with Crippen molar-refractivity contribution in [2.24, 2.45) is 0 Å². The Balaban J connectivity index is -0.00000000533. The van der Waals surface area contributed by atoms with E-state index < -0.39 is 10.4 Å². The van der Waals surface area contributed by atoms with Crippen molar-refractivity contribution in [2.75, 3.05) is 0 Å². The predicted molar refractivity (Wildman–Crippen MR) is 30.1 cm³/mol. The van der Waals surface area contributed by atoms with Crippen LogP contribution in [0.5, 0.6) is 0 Å². The van der Waals surface area contributed by atoms with Crippen LogP contribution in [0.3, 0.4) is 0 Å². The normalized spacial score (nSPS) is 8.29. The fourth-order valence-corrected chi connectivity index (χ4v) is 0. The van der Waals surface area contributed by atoms with Gasteiger partial charge in [-0.25, -0.2) is 0 Å². The molecule has 0 aliphatic heterocycles. The van der Waals surface area contributed by atoms with Crippen LogP contribution in [0.25, 0.3) is 0 Å². The summed E-state index contributed by atoms with van der Waals surface area (Å²) in [5, 5.41) is 0. The molecule has 0 aromatic heterocycles. The van der Waals surface area contributed by atoms with Gasteiger partial charge >= 0.3 is 82.3 Å². The maximum atomic E-state index is 8.74. The summed E-state index contributed by atoms with van der Waals surface area (Å²) in [4.78, 5) is 0. The minimum absolute atomic E-state index is 0. The first-order chi connectivity index (χ1) is 2.00. The quantitative estimate of drug-likeness (QED) is 0.436. The zero-order valence-corrected chi connectivity index (χ0v) is 10.2. The van der Waals surface area contributed by atoms with Crippen molar-refractivity contribution < 1.29 is 23.2 Å². The van der Waals surface area contributed by atoms with Gasteiger partial charge in [0.05, 0.1) is 0 Å².